The summed E-state index contributed by atoms with van der Waals surface area (Å²) in [6, 6.07) is 19.1. The molecule has 3 aromatic rings. The molecule has 3 rings (SSSR count). The van der Waals surface area contributed by atoms with Gasteiger partial charge in [-0.25, -0.2) is 8.42 Å². The first-order chi connectivity index (χ1) is 19.1. The first-order valence-electron chi connectivity index (χ1n) is 13.3. The number of anilines is 1. The standard InChI is InChI=1S/C31H37Cl2N3O4S/c1-21(2)24-13-15-25(16-14-24)36(41(39,40)26-10-8-7-9-11-26)20-29(37)35(22(3)30(38)34-31(4,5)6)19-23-12-17-27(32)28(33)18-23/h7-18,21-22H,19-20H2,1-6H3,(H,34,38)/t22-/m1/s1. The van der Waals surface area contributed by atoms with Crippen LogP contribution in [-0.2, 0) is 26.2 Å². The minimum Gasteiger partial charge on any atom is -0.350 e. The molecule has 0 aliphatic rings. The van der Waals surface area contributed by atoms with Crippen molar-refractivity contribution in [3.63, 3.8) is 0 Å². The highest BCUT2D eigenvalue weighted by molar-refractivity contribution is 7.92. The van der Waals surface area contributed by atoms with Crippen molar-refractivity contribution < 1.29 is 18.0 Å². The van der Waals surface area contributed by atoms with E-state index in [-0.39, 0.29) is 23.3 Å². The number of sulfonamides is 1. The van der Waals surface area contributed by atoms with Gasteiger partial charge in [0.15, 0.2) is 0 Å². The van der Waals surface area contributed by atoms with Gasteiger partial charge in [-0.05, 0) is 81.1 Å². The highest BCUT2D eigenvalue weighted by Crippen LogP contribution is 2.27. The first kappa shape index (κ1) is 32.4. The maximum absolute atomic E-state index is 14.0. The fourth-order valence-electron chi connectivity index (χ4n) is 4.17. The Balaban J connectivity index is 2.05. The van der Waals surface area contributed by atoms with Gasteiger partial charge >= 0.3 is 0 Å². The van der Waals surface area contributed by atoms with E-state index in [1.54, 1.807) is 55.5 Å². The number of amides is 2. The molecule has 220 valence electrons. The third-order valence-corrected chi connectivity index (χ3v) is 8.99. The van der Waals surface area contributed by atoms with Gasteiger partial charge in [0.05, 0.1) is 20.6 Å². The molecule has 1 atom stereocenters. The number of rotatable bonds is 10. The molecule has 0 radical (unpaired) electrons. The molecule has 0 aliphatic carbocycles. The van der Waals surface area contributed by atoms with Gasteiger partial charge < -0.3 is 10.2 Å². The van der Waals surface area contributed by atoms with Crippen molar-refractivity contribution in [2.45, 2.75) is 70.5 Å². The second-order valence-electron chi connectivity index (χ2n) is 11.3. The molecule has 0 unspecified atom stereocenters. The summed E-state index contributed by atoms with van der Waals surface area (Å²) in [5.41, 5.74) is 1.48. The number of carbonyl (C=O) groups is 2. The van der Waals surface area contributed by atoms with Gasteiger partial charge in [-0.1, -0.05) is 73.4 Å². The molecule has 0 saturated heterocycles. The molecule has 2 amide bonds. The predicted octanol–water partition coefficient (Wildman–Crippen LogP) is 6.64. The van der Waals surface area contributed by atoms with Gasteiger partial charge in [-0.3, -0.25) is 13.9 Å². The van der Waals surface area contributed by atoms with Gasteiger partial charge in [0.1, 0.15) is 12.6 Å². The van der Waals surface area contributed by atoms with Crippen LogP contribution < -0.4 is 9.62 Å². The minimum absolute atomic E-state index is 0.0139. The number of benzene rings is 3. The molecule has 0 aromatic heterocycles. The van der Waals surface area contributed by atoms with Crippen LogP contribution in [0.3, 0.4) is 0 Å². The monoisotopic (exact) mass is 617 g/mol. The highest BCUT2D eigenvalue weighted by atomic mass is 35.5. The van der Waals surface area contributed by atoms with Crippen molar-refractivity contribution in [3.05, 3.63) is 94.0 Å². The van der Waals surface area contributed by atoms with Crippen LogP contribution in [0.5, 0.6) is 0 Å². The molecule has 0 fully saturated rings. The summed E-state index contributed by atoms with van der Waals surface area (Å²) in [7, 11) is -4.13. The fourth-order valence-corrected chi connectivity index (χ4v) is 5.92. The minimum atomic E-state index is -4.13. The average Bonchev–Trinajstić information content (AvgIpc) is 2.91. The topological polar surface area (TPSA) is 86.8 Å². The van der Waals surface area contributed by atoms with Crippen molar-refractivity contribution in [2.24, 2.45) is 0 Å². The molecular formula is C31H37Cl2N3O4S. The molecule has 0 bridgehead atoms. The lowest BCUT2D eigenvalue weighted by Crippen LogP contribution is -2.54. The Bertz CT molecular complexity index is 1470. The van der Waals surface area contributed by atoms with Crippen LogP contribution in [0.2, 0.25) is 10.0 Å². The lowest BCUT2D eigenvalue weighted by atomic mass is 10.0. The Hall–Kier alpha value is -3.07. The molecule has 3 aromatic carbocycles. The SMILES string of the molecule is CC(C)c1ccc(N(CC(=O)N(Cc2ccc(Cl)c(Cl)c2)[C@H](C)C(=O)NC(C)(C)C)S(=O)(=O)c2ccccc2)cc1. The van der Waals surface area contributed by atoms with Gasteiger partial charge in [-0.2, -0.15) is 0 Å². The largest absolute Gasteiger partial charge is 0.350 e. The second kappa shape index (κ2) is 13.3. The van der Waals surface area contributed by atoms with Crippen molar-refractivity contribution >= 4 is 50.7 Å². The molecule has 10 heteroatoms. The lowest BCUT2D eigenvalue weighted by molar-refractivity contribution is -0.140. The van der Waals surface area contributed by atoms with E-state index in [0.29, 0.717) is 21.3 Å². The Morgan fingerprint density at radius 3 is 2.02 bits per heavy atom. The van der Waals surface area contributed by atoms with E-state index in [4.69, 9.17) is 23.2 Å². The number of nitrogens with one attached hydrogen (secondary N) is 1. The molecular weight excluding hydrogens is 581 g/mol. The number of hydrogen-bond acceptors (Lipinski definition) is 4. The Kier molecular flexibility index (Phi) is 10.5. The maximum Gasteiger partial charge on any atom is 0.264 e. The molecule has 7 nitrogen and oxygen atoms in total. The zero-order chi connectivity index (χ0) is 30.5. The summed E-state index contributed by atoms with van der Waals surface area (Å²) in [5.74, 6) is -0.682. The molecule has 0 spiro atoms. The normalized spacial score (nSPS) is 12.6. The summed E-state index contributed by atoms with van der Waals surface area (Å²) in [6.07, 6.45) is 0. The number of carbonyl (C=O) groups excluding carboxylic acids is 2. The summed E-state index contributed by atoms with van der Waals surface area (Å²) < 4.78 is 28.9. The van der Waals surface area contributed by atoms with E-state index in [9.17, 15) is 18.0 Å². The van der Waals surface area contributed by atoms with Crippen LogP contribution >= 0.6 is 23.2 Å². The predicted molar refractivity (Wildman–Crippen MR) is 166 cm³/mol. The van der Waals surface area contributed by atoms with Crippen LogP contribution in [0, 0.1) is 0 Å². The van der Waals surface area contributed by atoms with E-state index in [1.165, 1.54) is 17.0 Å². The molecule has 1 N–H and O–H groups in total. The lowest BCUT2D eigenvalue weighted by Gasteiger charge is -2.33. The summed E-state index contributed by atoms with van der Waals surface area (Å²) in [4.78, 5) is 28.6. The Morgan fingerprint density at radius 1 is 0.878 bits per heavy atom. The molecule has 0 heterocycles. The van der Waals surface area contributed by atoms with Crippen LogP contribution in [0.25, 0.3) is 0 Å². The van der Waals surface area contributed by atoms with E-state index in [0.717, 1.165) is 9.87 Å². The highest BCUT2D eigenvalue weighted by Gasteiger charge is 2.33. The molecule has 0 saturated carbocycles. The van der Waals surface area contributed by atoms with Gasteiger partial charge in [-0.15, -0.1) is 0 Å². The van der Waals surface area contributed by atoms with Crippen molar-refractivity contribution in [1.82, 2.24) is 10.2 Å². The summed E-state index contributed by atoms with van der Waals surface area (Å²) in [6.45, 7) is 10.7. The fraction of sp³-hybridized carbons (Fsp3) is 0.355. The van der Waals surface area contributed by atoms with E-state index >= 15 is 0 Å². The zero-order valence-electron chi connectivity index (χ0n) is 24.2. The van der Waals surface area contributed by atoms with Crippen LogP contribution in [0.4, 0.5) is 5.69 Å². The van der Waals surface area contributed by atoms with Gasteiger partial charge in [0.25, 0.3) is 10.0 Å². The second-order valence-corrected chi connectivity index (χ2v) is 13.9. The van der Waals surface area contributed by atoms with Crippen molar-refractivity contribution in [1.29, 1.82) is 0 Å². The van der Waals surface area contributed by atoms with Crippen LogP contribution in [0.15, 0.2) is 77.7 Å². The van der Waals surface area contributed by atoms with Gasteiger partial charge in [0, 0.05) is 12.1 Å². The third-order valence-electron chi connectivity index (χ3n) is 6.46. The van der Waals surface area contributed by atoms with Crippen molar-refractivity contribution in [2.75, 3.05) is 10.8 Å². The Morgan fingerprint density at radius 2 is 1.49 bits per heavy atom. The number of nitrogens with zero attached hydrogens (tertiary/aromatic N) is 2. The molecule has 41 heavy (non-hydrogen) atoms. The number of hydrogen-bond donors (Lipinski definition) is 1. The Labute approximate surface area is 253 Å². The number of halogens is 2. The quantitative estimate of drug-likeness (QED) is 0.276. The van der Waals surface area contributed by atoms with Crippen molar-refractivity contribution in [3.8, 4) is 0 Å². The average molecular weight is 619 g/mol. The van der Waals surface area contributed by atoms with Crippen LogP contribution in [0.1, 0.15) is 58.6 Å². The summed E-state index contributed by atoms with van der Waals surface area (Å²) >= 11 is 12.3. The van der Waals surface area contributed by atoms with E-state index in [2.05, 4.69) is 5.32 Å². The first-order valence-corrected chi connectivity index (χ1v) is 15.5. The summed E-state index contributed by atoms with van der Waals surface area (Å²) in [5, 5.41) is 3.57. The third kappa shape index (κ3) is 8.47. The van der Waals surface area contributed by atoms with E-state index in [1.807, 2.05) is 46.8 Å². The zero-order valence-corrected chi connectivity index (χ0v) is 26.5. The maximum atomic E-state index is 14.0. The van der Waals surface area contributed by atoms with E-state index < -0.39 is 34.1 Å². The molecule has 0 aliphatic heterocycles. The van der Waals surface area contributed by atoms with Gasteiger partial charge in [0.2, 0.25) is 11.8 Å². The van der Waals surface area contributed by atoms with Crippen LogP contribution in [-0.4, -0.2) is 43.3 Å². The smallest absolute Gasteiger partial charge is 0.264 e.